The van der Waals surface area contributed by atoms with E-state index in [9.17, 15) is 14.4 Å². The Labute approximate surface area is 177 Å². The normalized spacial score (nSPS) is 11.2. The maximum Gasteiger partial charge on any atom is 0.404 e. The molecule has 5 N–H and O–H groups in total. The summed E-state index contributed by atoms with van der Waals surface area (Å²) in [5, 5.41) is 18.0. The average Bonchev–Trinajstić information content (AvgIpc) is 3.26. The monoisotopic (exact) mass is 425 g/mol. The number of nitrogens with one attached hydrogen (secondary N) is 2. The molecular weight excluding hydrogens is 402 g/mol. The molecule has 31 heavy (non-hydrogen) atoms. The molecule has 0 aliphatic heterocycles. The average molecular weight is 425 g/mol. The molecule has 3 amide bonds. The number of aromatic nitrogens is 4. The maximum atomic E-state index is 12.9. The van der Waals surface area contributed by atoms with E-state index in [1.54, 1.807) is 52.6 Å². The molecule has 0 saturated heterocycles. The number of primary amides is 1. The molecule has 0 aliphatic rings. The SMILES string of the molecule is CCn1nc(C)cc1C(=O)Nc1nc2cc(C(N)=O)ccc2n1C/C=C/CNC(=O)O. The predicted octanol–water partition coefficient (Wildman–Crippen LogP) is 1.74. The Bertz CT molecular complexity index is 1180. The lowest BCUT2D eigenvalue weighted by Crippen LogP contribution is -2.20. The minimum Gasteiger partial charge on any atom is -0.465 e. The van der Waals surface area contributed by atoms with Crippen molar-refractivity contribution >= 4 is 34.9 Å². The molecule has 2 heterocycles. The summed E-state index contributed by atoms with van der Waals surface area (Å²) in [5.41, 5.74) is 7.95. The lowest BCUT2D eigenvalue weighted by molar-refractivity contribution is 0.0996. The Morgan fingerprint density at radius 1 is 1.23 bits per heavy atom. The van der Waals surface area contributed by atoms with Crippen LogP contribution < -0.4 is 16.4 Å². The van der Waals surface area contributed by atoms with Crippen LogP contribution in [-0.2, 0) is 13.1 Å². The van der Waals surface area contributed by atoms with Crippen molar-refractivity contribution in [2.75, 3.05) is 11.9 Å². The predicted molar refractivity (Wildman–Crippen MR) is 114 cm³/mol. The van der Waals surface area contributed by atoms with E-state index >= 15 is 0 Å². The van der Waals surface area contributed by atoms with Crippen LogP contribution >= 0.6 is 0 Å². The number of carbonyl (C=O) groups is 3. The molecule has 0 fully saturated rings. The van der Waals surface area contributed by atoms with Gasteiger partial charge in [-0.3, -0.25) is 19.6 Å². The molecule has 162 valence electrons. The van der Waals surface area contributed by atoms with Gasteiger partial charge in [-0.2, -0.15) is 5.10 Å². The number of amides is 3. The molecule has 3 aromatic rings. The number of benzene rings is 1. The Balaban J connectivity index is 1.94. The Kier molecular flexibility index (Phi) is 6.34. The topological polar surface area (TPSA) is 157 Å². The van der Waals surface area contributed by atoms with Crippen LogP contribution in [0.5, 0.6) is 0 Å². The summed E-state index contributed by atoms with van der Waals surface area (Å²) in [4.78, 5) is 39.4. The number of hydrogen-bond donors (Lipinski definition) is 4. The van der Waals surface area contributed by atoms with E-state index in [0.29, 0.717) is 35.4 Å². The summed E-state index contributed by atoms with van der Waals surface area (Å²) in [5.74, 6) is -0.673. The number of carboxylic acid groups (broad SMARTS) is 1. The summed E-state index contributed by atoms with van der Waals surface area (Å²) in [6, 6.07) is 6.52. The van der Waals surface area contributed by atoms with Crippen molar-refractivity contribution in [3.8, 4) is 0 Å². The second-order valence-corrected chi connectivity index (χ2v) is 6.71. The van der Waals surface area contributed by atoms with E-state index in [0.717, 1.165) is 5.69 Å². The van der Waals surface area contributed by atoms with Gasteiger partial charge in [-0.25, -0.2) is 9.78 Å². The molecule has 1 aromatic carbocycles. The lowest BCUT2D eigenvalue weighted by Gasteiger charge is -2.09. The van der Waals surface area contributed by atoms with Crippen LogP contribution in [0.3, 0.4) is 0 Å². The summed E-state index contributed by atoms with van der Waals surface area (Å²) in [6.07, 6.45) is 2.28. The Hall–Kier alpha value is -4.15. The van der Waals surface area contributed by atoms with E-state index in [4.69, 9.17) is 10.8 Å². The number of allylic oxidation sites excluding steroid dienone is 1. The fourth-order valence-corrected chi connectivity index (χ4v) is 3.11. The van der Waals surface area contributed by atoms with Crippen molar-refractivity contribution < 1.29 is 19.5 Å². The molecule has 3 rings (SSSR count). The highest BCUT2D eigenvalue weighted by molar-refractivity contribution is 6.03. The molecule has 0 bridgehead atoms. The van der Waals surface area contributed by atoms with Crippen LogP contribution in [-0.4, -0.2) is 48.9 Å². The smallest absolute Gasteiger partial charge is 0.404 e. The van der Waals surface area contributed by atoms with Gasteiger partial charge in [0.15, 0.2) is 0 Å². The molecule has 0 radical (unpaired) electrons. The maximum absolute atomic E-state index is 12.9. The molecule has 0 aliphatic carbocycles. The van der Waals surface area contributed by atoms with Crippen molar-refractivity contribution in [1.29, 1.82) is 0 Å². The zero-order valence-electron chi connectivity index (χ0n) is 17.1. The molecular formula is C20H23N7O4. The number of aryl methyl sites for hydroxylation is 2. The fourth-order valence-electron chi connectivity index (χ4n) is 3.11. The lowest BCUT2D eigenvalue weighted by atomic mass is 10.2. The van der Waals surface area contributed by atoms with Crippen LogP contribution in [0.2, 0.25) is 0 Å². The van der Waals surface area contributed by atoms with Crippen LogP contribution in [0.4, 0.5) is 10.7 Å². The summed E-state index contributed by atoms with van der Waals surface area (Å²) in [6.45, 7) is 4.69. The van der Waals surface area contributed by atoms with Crippen molar-refractivity contribution in [3.05, 3.63) is 53.4 Å². The molecule has 0 saturated carbocycles. The standard InChI is InChI=1S/C20H23N7O4/c1-3-27-16(10-12(2)25-27)18(29)24-19-23-14-11-13(17(21)28)6-7-15(14)26(19)9-5-4-8-22-20(30)31/h4-7,10-11,22H,3,8-9H2,1-2H3,(H2,21,28)(H,30,31)(H,23,24,29)/b5-4+. The molecule has 2 aromatic heterocycles. The first-order valence-electron chi connectivity index (χ1n) is 9.57. The largest absolute Gasteiger partial charge is 0.465 e. The molecule has 0 unspecified atom stereocenters. The fraction of sp³-hybridized carbons (Fsp3) is 0.250. The second kappa shape index (κ2) is 9.11. The Morgan fingerprint density at radius 2 is 2.00 bits per heavy atom. The number of hydrogen-bond acceptors (Lipinski definition) is 5. The quantitative estimate of drug-likeness (QED) is 0.403. The van der Waals surface area contributed by atoms with E-state index in [-0.39, 0.29) is 18.4 Å². The molecule has 0 atom stereocenters. The number of carbonyl (C=O) groups excluding carboxylic acids is 2. The number of imidazole rings is 1. The van der Waals surface area contributed by atoms with Crippen molar-refractivity contribution in [2.24, 2.45) is 5.73 Å². The van der Waals surface area contributed by atoms with Crippen LogP contribution in [0, 0.1) is 6.92 Å². The molecule has 0 spiro atoms. The first kappa shape index (κ1) is 21.6. The van der Waals surface area contributed by atoms with Gasteiger partial charge >= 0.3 is 6.09 Å². The highest BCUT2D eigenvalue weighted by Crippen LogP contribution is 2.22. The zero-order valence-corrected chi connectivity index (χ0v) is 17.1. The highest BCUT2D eigenvalue weighted by Gasteiger charge is 2.18. The van der Waals surface area contributed by atoms with Gasteiger partial charge in [0.05, 0.1) is 16.7 Å². The number of rotatable bonds is 8. The molecule has 11 nitrogen and oxygen atoms in total. The third kappa shape index (κ3) is 4.89. The van der Waals surface area contributed by atoms with Gasteiger partial charge in [0.25, 0.3) is 5.91 Å². The van der Waals surface area contributed by atoms with Gasteiger partial charge in [0, 0.05) is 25.2 Å². The summed E-state index contributed by atoms with van der Waals surface area (Å²) >= 11 is 0. The minimum atomic E-state index is -1.12. The first-order valence-corrected chi connectivity index (χ1v) is 9.57. The van der Waals surface area contributed by atoms with Crippen LogP contribution in [0.15, 0.2) is 36.4 Å². The van der Waals surface area contributed by atoms with E-state index < -0.39 is 12.0 Å². The van der Waals surface area contributed by atoms with E-state index in [1.807, 2.05) is 6.92 Å². The molecule has 11 heteroatoms. The first-order chi connectivity index (χ1) is 14.8. The number of fused-ring (bicyclic) bond motifs is 1. The van der Waals surface area contributed by atoms with Gasteiger partial charge < -0.3 is 20.7 Å². The van der Waals surface area contributed by atoms with Crippen molar-refractivity contribution in [2.45, 2.75) is 26.9 Å². The van der Waals surface area contributed by atoms with E-state index in [2.05, 4.69) is 20.7 Å². The van der Waals surface area contributed by atoms with Crippen molar-refractivity contribution in [1.82, 2.24) is 24.6 Å². The number of nitrogens with two attached hydrogens (primary N) is 1. The van der Waals surface area contributed by atoms with Gasteiger partial charge in [0.1, 0.15) is 5.69 Å². The van der Waals surface area contributed by atoms with Gasteiger partial charge in [-0.05, 0) is 38.1 Å². The van der Waals surface area contributed by atoms with Crippen LogP contribution in [0.1, 0.15) is 33.5 Å². The van der Waals surface area contributed by atoms with Crippen molar-refractivity contribution in [3.63, 3.8) is 0 Å². The zero-order chi connectivity index (χ0) is 22.5. The van der Waals surface area contributed by atoms with Gasteiger partial charge in [0.2, 0.25) is 11.9 Å². The van der Waals surface area contributed by atoms with Gasteiger partial charge in [-0.15, -0.1) is 0 Å². The van der Waals surface area contributed by atoms with Crippen LogP contribution in [0.25, 0.3) is 11.0 Å². The number of nitrogens with zero attached hydrogens (tertiary/aromatic N) is 4. The highest BCUT2D eigenvalue weighted by atomic mass is 16.4. The Morgan fingerprint density at radius 3 is 2.68 bits per heavy atom. The summed E-state index contributed by atoms with van der Waals surface area (Å²) in [7, 11) is 0. The third-order valence-electron chi connectivity index (χ3n) is 4.52. The minimum absolute atomic E-state index is 0.143. The second-order valence-electron chi connectivity index (χ2n) is 6.71. The third-order valence-corrected chi connectivity index (χ3v) is 4.52. The summed E-state index contributed by atoms with van der Waals surface area (Å²) < 4.78 is 3.34. The van der Waals surface area contributed by atoms with Gasteiger partial charge in [-0.1, -0.05) is 12.2 Å². The van der Waals surface area contributed by atoms with E-state index in [1.165, 1.54) is 0 Å². The number of anilines is 1.